The van der Waals surface area contributed by atoms with Crippen LogP contribution in [0, 0.1) is 25.2 Å². The second-order valence-corrected chi connectivity index (χ2v) is 6.92. The van der Waals surface area contributed by atoms with Gasteiger partial charge in [0.1, 0.15) is 17.4 Å². The van der Waals surface area contributed by atoms with Crippen molar-refractivity contribution in [3.05, 3.63) is 52.9 Å². The topological polar surface area (TPSA) is 93.4 Å². The van der Waals surface area contributed by atoms with Crippen LogP contribution in [0.5, 0.6) is 5.75 Å². The van der Waals surface area contributed by atoms with Crippen LogP contribution in [0.25, 0.3) is 6.08 Å². The summed E-state index contributed by atoms with van der Waals surface area (Å²) < 4.78 is 12.5. The minimum Gasteiger partial charge on any atom is -0.497 e. The average molecular weight is 409 g/mol. The van der Waals surface area contributed by atoms with Gasteiger partial charge < -0.3 is 19.4 Å². The summed E-state index contributed by atoms with van der Waals surface area (Å²) in [6, 6.07) is 10.6. The Balaban J connectivity index is 2.10. The van der Waals surface area contributed by atoms with Gasteiger partial charge in [0.15, 0.2) is 6.10 Å². The number of anilines is 1. The molecule has 1 N–H and O–H groups in total. The zero-order chi connectivity index (χ0) is 22.3. The number of aromatic nitrogens is 1. The lowest BCUT2D eigenvalue weighted by Crippen LogP contribution is -2.30. The summed E-state index contributed by atoms with van der Waals surface area (Å²) in [6.45, 7) is 8.33. The number of aryl methyl sites for hydroxylation is 1. The molecule has 0 radical (unpaired) electrons. The maximum absolute atomic E-state index is 12.5. The van der Waals surface area contributed by atoms with E-state index >= 15 is 0 Å². The molecule has 0 aliphatic rings. The Morgan fingerprint density at radius 2 is 2.03 bits per heavy atom. The summed E-state index contributed by atoms with van der Waals surface area (Å²) in [7, 11) is 1.53. The first kappa shape index (κ1) is 22.8. The van der Waals surface area contributed by atoms with Crippen molar-refractivity contribution < 1.29 is 19.1 Å². The molecule has 0 spiro atoms. The van der Waals surface area contributed by atoms with Gasteiger partial charge in [0, 0.05) is 29.7 Å². The van der Waals surface area contributed by atoms with Crippen LogP contribution in [0.1, 0.15) is 37.2 Å². The fourth-order valence-electron chi connectivity index (χ4n) is 3.06. The third kappa shape index (κ3) is 5.51. The van der Waals surface area contributed by atoms with Crippen LogP contribution in [-0.4, -0.2) is 29.7 Å². The van der Waals surface area contributed by atoms with E-state index in [-0.39, 0.29) is 5.57 Å². The number of ether oxygens (including phenoxy) is 2. The number of esters is 1. The van der Waals surface area contributed by atoms with Crippen molar-refractivity contribution in [3.8, 4) is 11.8 Å². The molecular formula is C23H27N3O4. The van der Waals surface area contributed by atoms with Crippen LogP contribution in [0.2, 0.25) is 0 Å². The first-order valence-electron chi connectivity index (χ1n) is 9.75. The van der Waals surface area contributed by atoms with E-state index in [0.29, 0.717) is 11.4 Å². The largest absolute Gasteiger partial charge is 0.497 e. The second kappa shape index (κ2) is 10.3. The molecule has 0 bridgehead atoms. The van der Waals surface area contributed by atoms with Crippen molar-refractivity contribution in [3.63, 3.8) is 0 Å². The maximum atomic E-state index is 12.5. The fraction of sp³-hybridized carbons (Fsp3) is 0.348. The van der Waals surface area contributed by atoms with Crippen LogP contribution >= 0.6 is 0 Å². The molecule has 1 aromatic carbocycles. The molecule has 0 aliphatic heterocycles. The molecule has 2 rings (SSSR count). The van der Waals surface area contributed by atoms with E-state index in [1.807, 2.05) is 26.0 Å². The molecule has 2 aromatic rings. The quantitative estimate of drug-likeness (QED) is 0.404. The number of hydrogen-bond donors (Lipinski definition) is 1. The molecule has 0 saturated carbocycles. The van der Waals surface area contributed by atoms with Crippen LogP contribution in [-0.2, 0) is 20.9 Å². The third-order valence-corrected chi connectivity index (χ3v) is 4.69. The van der Waals surface area contributed by atoms with Crippen molar-refractivity contribution >= 4 is 23.6 Å². The van der Waals surface area contributed by atoms with Gasteiger partial charge in [0.25, 0.3) is 5.91 Å². The molecule has 1 aromatic heterocycles. The first-order valence-corrected chi connectivity index (χ1v) is 9.75. The lowest BCUT2D eigenvalue weighted by Gasteiger charge is -2.13. The van der Waals surface area contributed by atoms with Crippen molar-refractivity contribution in [2.45, 2.75) is 46.8 Å². The van der Waals surface area contributed by atoms with Crippen molar-refractivity contribution in [2.75, 3.05) is 12.4 Å². The molecule has 1 heterocycles. The lowest BCUT2D eigenvalue weighted by molar-refractivity contribution is -0.148. The molecule has 1 atom stereocenters. The van der Waals surface area contributed by atoms with E-state index in [2.05, 4.69) is 16.8 Å². The van der Waals surface area contributed by atoms with E-state index < -0.39 is 18.0 Å². The van der Waals surface area contributed by atoms with Gasteiger partial charge in [-0.05, 0) is 57.0 Å². The number of amides is 1. The molecule has 0 unspecified atom stereocenters. The van der Waals surface area contributed by atoms with E-state index in [9.17, 15) is 14.9 Å². The van der Waals surface area contributed by atoms with Gasteiger partial charge in [0.05, 0.1) is 7.11 Å². The van der Waals surface area contributed by atoms with Gasteiger partial charge in [0.2, 0.25) is 0 Å². The van der Waals surface area contributed by atoms with Crippen molar-refractivity contribution in [2.24, 2.45) is 0 Å². The second-order valence-electron chi connectivity index (χ2n) is 6.92. The smallest absolute Gasteiger partial charge is 0.349 e. The minimum atomic E-state index is -1.08. The van der Waals surface area contributed by atoms with E-state index in [1.165, 1.54) is 20.1 Å². The molecule has 0 saturated heterocycles. The number of nitrogens with one attached hydrogen (secondary N) is 1. The third-order valence-electron chi connectivity index (χ3n) is 4.69. The summed E-state index contributed by atoms with van der Waals surface area (Å²) >= 11 is 0. The summed E-state index contributed by atoms with van der Waals surface area (Å²) in [5.74, 6) is -0.756. The Labute approximate surface area is 176 Å². The van der Waals surface area contributed by atoms with Gasteiger partial charge in [-0.15, -0.1) is 0 Å². The number of methoxy groups -OCH3 is 1. The average Bonchev–Trinajstić information content (AvgIpc) is 2.99. The molecule has 0 aliphatic carbocycles. The van der Waals surface area contributed by atoms with Gasteiger partial charge in [-0.3, -0.25) is 4.79 Å². The van der Waals surface area contributed by atoms with Gasteiger partial charge >= 0.3 is 5.97 Å². The maximum Gasteiger partial charge on any atom is 0.349 e. The number of carbonyl (C=O) groups is 2. The molecule has 7 heteroatoms. The standard InChI is InChI=1S/C23H27N3O4/c1-6-10-26-15(2)11-18(16(26)3)12-19(14-24)23(28)30-17(4)22(27)25-20-8-7-9-21(13-20)29-5/h7-9,11-13,17H,6,10H2,1-5H3,(H,25,27)/b19-12+/t17-/m1/s1. The predicted octanol–water partition coefficient (Wildman–Crippen LogP) is 4.00. The van der Waals surface area contributed by atoms with Crippen LogP contribution < -0.4 is 10.1 Å². The summed E-state index contributed by atoms with van der Waals surface area (Å²) in [5, 5.41) is 12.1. The Morgan fingerprint density at radius 1 is 1.30 bits per heavy atom. The highest BCUT2D eigenvalue weighted by molar-refractivity contribution is 6.01. The number of carbonyl (C=O) groups excluding carboxylic acids is 2. The number of nitriles is 1. The lowest BCUT2D eigenvalue weighted by atomic mass is 10.1. The Kier molecular flexibility index (Phi) is 7.82. The predicted molar refractivity (Wildman–Crippen MR) is 115 cm³/mol. The number of rotatable bonds is 8. The Morgan fingerprint density at radius 3 is 2.67 bits per heavy atom. The Bertz CT molecular complexity index is 998. The van der Waals surface area contributed by atoms with Gasteiger partial charge in [-0.25, -0.2) is 4.79 Å². The van der Waals surface area contributed by atoms with Crippen molar-refractivity contribution in [1.29, 1.82) is 5.26 Å². The summed E-state index contributed by atoms with van der Waals surface area (Å²) in [5.41, 5.74) is 3.16. The molecule has 1 amide bonds. The number of hydrogen-bond acceptors (Lipinski definition) is 5. The molecule has 0 fully saturated rings. The highest BCUT2D eigenvalue weighted by Crippen LogP contribution is 2.20. The molecule has 30 heavy (non-hydrogen) atoms. The van der Waals surface area contributed by atoms with Crippen LogP contribution in [0.3, 0.4) is 0 Å². The zero-order valence-electron chi connectivity index (χ0n) is 18.0. The van der Waals surface area contributed by atoms with Crippen LogP contribution in [0.4, 0.5) is 5.69 Å². The summed E-state index contributed by atoms with van der Waals surface area (Å²) in [6.07, 6.45) is 1.41. The van der Waals surface area contributed by atoms with Gasteiger partial charge in [-0.2, -0.15) is 5.26 Å². The molecular weight excluding hydrogens is 382 g/mol. The number of benzene rings is 1. The minimum absolute atomic E-state index is 0.159. The van der Waals surface area contributed by atoms with Gasteiger partial charge in [-0.1, -0.05) is 13.0 Å². The number of nitrogens with zero attached hydrogens (tertiary/aromatic N) is 2. The Hall–Kier alpha value is -3.53. The van der Waals surface area contributed by atoms with E-state index in [1.54, 1.807) is 24.3 Å². The van der Waals surface area contributed by atoms with Crippen molar-refractivity contribution in [1.82, 2.24) is 4.57 Å². The fourth-order valence-corrected chi connectivity index (χ4v) is 3.06. The summed E-state index contributed by atoms with van der Waals surface area (Å²) in [4.78, 5) is 24.8. The molecule has 158 valence electrons. The zero-order valence-corrected chi connectivity index (χ0v) is 18.0. The normalized spacial score (nSPS) is 12.1. The highest BCUT2D eigenvalue weighted by atomic mass is 16.5. The first-order chi connectivity index (χ1) is 14.3. The molecule has 7 nitrogen and oxygen atoms in total. The highest BCUT2D eigenvalue weighted by Gasteiger charge is 2.21. The SMILES string of the molecule is CCCn1c(C)cc(/C=C(\C#N)C(=O)O[C@H](C)C(=O)Nc2cccc(OC)c2)c1C. The van der Waals surface area contributed by atoms with E-state index in [0.717, 1.165) is 29.9 Å². The van der Waals surface area contributed by atoms with Crippen LogP contribution in [0.15, 0.2) is 35.9 Å². The monoisotopic (exact) mass is 409 g/mol. The van der Waals surface area contributed by atoms with E-state index in [4.69, 9.17) is 9.47 Å².